The second kappa shape index (κ2) is 8.12. The number of halogens is 1. The number of para-hydroxylation sites is 1. The van der Waals surface area contributed by atoms with Crippen molar-refractivity contribution in [2.24, 2.45) is 0 Å². The molecule has 0 saturated heterocycles. The lowest BCUT2D eigenvalue weighted by atomic mass is 10.1. The minimum absolute atomic E-state index is 0.00383. The van der Waals surface area contributed by atoms with Crippen LogP contribution in [0, 0.1) is 5.82 Å². The summed E-state index contributed by atoms with van der Waals surface area (Å²) in [7, 11) is 1.63. The molecular formula is C21H22FN3O3. The topological polar surface area (TPSA) is 74.6 Å². The van der Waals surface area contributed by atoms with Crippen LogP contribution in [-0.2, 0) is 17.8 Å². The highest BCUT2D eigenvalue weighted by molar-refractivity contribution is 5.93. The van der Waals surface area contributed by atoms with E-state index in [1.807, 2.05) is 31.2 Å². The Labute approximate surface area is 162 Å². The number of aryl methyl sites for hydroxylation is 1. The number of carbonyl (C=O) groups excluding carboxylic acids is 2. The van der Waals surface area contributed by atoms with Gasteiger partial charge in [-0.05, 0) is 24.3 Å². The number of benzene rings is 2. The molecule has 3 amide bonds. The molecule has 7 heteroatoms. The van der Waals surface area contributed by atoms with Crippen LogP contribution in [0.4, 0.5) is 20.6 Å². The Morgan fingerprint density at radius 1 is 1.14 bits per heavy atom. The molecule has 0 radical (unpaired) electrons. The van der Waals surface area contributed by atoms with Gasteiger partial charge in [0.2, 0.25) is 5.91 Å². The van der Waals surface area contributed by atoms with Gasteiger partial charge in [-0.1, -0.05) is 25.1 Å². The summed E-state index contributed by atoms with van der Waals surface area (Å²) in [5, 5.41) is 6.07. The zero-order chi connectivity index (χ0) is 20.3. The second-order valence-electron chi connectivity index (χ2n) is 6.52. The molecule has 146 valence electrons. The molecule has 0 atom stereocenters. The van der Waals surface area contributed by atoms with Gasteiger partial charge >= 0.3 is 6.03 Å². The molecule has 0 aliphatic rings. The fraction of sp³-hybridized carbons (Fsp3) is 0.238. The minimum atomic E-state index is -0.584. The Morgan fingerprint density at radius 3 is 2.61 bits per heavy atom. The van der Waals surface area contributed by atoms with E-state index in [9.17, 15) is 14.0 Å². The number of furan rings is 1. The Bertz CT molecular complexity index is 1030. The van der Waals surface area contributed by atoms with Gasteiger partial charge in [-0.2, -0.15) is 0 Å². The van der Waals surface area contributed by atoms with Crippen molar-refractivity contribution in [1.29, 1.82) is 0 Å². The van der Waals surface area contributed by atoms with Gasteiger partial charge in [-0.25, -0.2) is 9.18 Å². The maximum absolute atomic E-state index is 14.1. The molecule has 1 aromatic heterocycles. The maximum atomic E-state index is 14.1. The molecule has 0 unspecified atom stereocenters. The van der Waals surface area contributed by atoms with Crippen molar-refractivity contribution < 1.29 is 18.4 Å². The summed E-state index contributed by atoms with van der Waals surface area (Å²) in [6.07, 6.45) is 0.701. The third kappa shape index (κ3) is 4.14. The van der Waals surface area contributed by atoms with Crippen molar-refractivity contribution in [2.75, 3.05) is 17.7 Å². The van der Waals surface area contributed by atoms with Gasteiger partial charge in [0, 0.05) is 37.0 Å². The third-order valence-electron chi connectivity index (χ3n) is 4.37. The van der Waals surface area contributed by atoms with Crippen LogP contribution in [0.15, 0.2) is 46.9 Å². The molecule has 0 spiro atoms. The number of nitrogens with zero attached hydrogens (tertiary/aromatic N) is 1. The average molecular weight is 383 g/mol. The molecule has 1 heterocycles. The van der Waals surface area contributed by atoms with Crippen molar-refractivity contribution in [3.05, 3.63) is 59.6 Å². The van der Waals surface area contributed by atoms with Crippen LogP contribution in [-0.4, -0.2) is 23.9 Å². The highest BCUT2D eigenvalue weighted by Crippen LogP contribution is 2.27. The predicted molar refractivity (Wildman–Crippen MR) is 107 cm³/mol. The van der Waals surface area contributed by atoms with Gasteiger partial charge in [0.15, 0.2) is 0 Å². The zero-order valence-corrected chi connectivity index (χ0v) is 16.0. The van der Waals surface area contributed by atoms with Crippen LogP contribution in [0.25, 0.3) is 11.0 Å². The predicted octanol–water partition coefficient (Wildman–Crippen LogP) is 4.76. The number of rotatable bonds is 5. The number of nitrogens with one attached hydrogen (secondary N) is 2. The molecule has 0 aliphatic carbocycles. The normalized spacial score (nSPS) is 10.7. The lowest BCUT2D eigenvalue weighted by Gasteiger charge is -2.19. The molecule has 0 fully saturated rings. The number of carbonyl (C=O) groups is 2. The summed E-state index contributed by atoms with van der Waals surface area (Å²) >= 11 is 0. The van der Waals surface area contributed by atoms with Gasteiger partial charge < -0.3 is 20.0 Å². The van der Waals surface area contributed by atoms with E-state index in [2.05, 4.69) is 10.6 Å². The highest BCUT2D eigenvalue weighted by Gasteiger charge is 2.18. The first-order valence-corrected chi connectivity index (χ1v) is 8.97. The Kier molecular flexibility index (Phi) is 5.63. The molecule has 3 aromatic rings. The summed E-state index contributed by atoms with van der Waals surface area (Å²) in [5.74, 6) is -0.0431. The van der Waals surface area contributed by atoms with E-state index < -0.39 is 11.8 Å². The van der Waals surface area contributed by atoms with Crippen LogP contribution >= 0.6 is 0 Å². The van der Waals surface area contributed by atoms with Crippen LogP contribution in [0.5, 0.6) is 0 Å². The second-order valence-corrected chi connectivity index (χ2v) is 6.52. The van der Waals surface area contributed by atoms with Crippen LogP contribution in [0.1, 0.15) is 25.2 Å². The number of hydrogen-bond donors (Lipinski definition) is 2. The van der Waals surface area contributed by atoms with E-state index in [-0.39, 0.29) is 11.6 Å². The van der Waals surface area contributed by atoms with E-state index in [1.54, 1.807) is 7.05 Å². The first kappa shape index (κ1) is 19.4. The number of anilines is 2. The SMILES string of the molecule is CCc1oc2ccccc2c1CN(C)C(=O)Nc1cc(NC(C)=O)ccc1F. The fourth-order valence-electron chi connectivity index (χ4n) is 3.03. The van der Waals surface area contributed by atoms with Gasteiger partial charge in [0.05, 0.1) is 12.2 Å². The number of amides is 3. The average Bonchev–Trinajstić information content (AvgIpc) is 3.01. The van der Waals surface area contributed by atoms with Crippen molar-refractivity contribution >= 4 is 34.3 Å². The van der Waals surface area contributed by atoms with E-state index in [0.29, 0.717) is 18.7 Å². The van der Waals surface area contributed by atoms with Crippen molar-refractivity contribution in [1.82, 2.24) is 4.90 Å². The monoisotopic (exact) mass is 383 g/mol. The largest absolute Gasteiger partial charge is 0.461 e. The molecule has 28 heavy (non-hydrogen) atoms. The first-order valence-electron chi connectivity index (χ1n) is 8.97. The molecule has 0 saturated carbocycles. The van der Waals surface area contributed by atoms with Crippen molar-refractivity contribution in [2.45, 2.75) is 26.8 Å². The number of urea groups is 1. The summed E-state index contributed by atoms with van der Waals surface area (Å²) in [4.78, 5) is 25.2. The van der Waals surface area contributed by atoms with E-state index in [4.69, 9.17) is 4.42 Å². The van der Waals surface area contributed by atoms with Crippen LogP contribution in [0.3, 0.4) is 0 Å². The number of fused-ring (bicyclic) bond motifs is 1. The lowest BCUT2D eigenvalue weighted by molar-refractivity contribution is -0.114. The molecule has 0 bridgehead atoms. The summed E-state index contributed by atoms with van der Waals surface area (Å²) in [6.45, 7) is 3.67. The van der Waals surface area contributed by atoms with Crippen LogP contribution < -0.4 is 10.6 Å². The minimum Gasteiger partial charge on any atom is -0.461 e. The standard InChI is InChI=1S/C21H22FN3O3/c1-4-19-16(15-7-5-6-8-20(15)28-19)12-25(3)21(27)24-18-11-14(23-13(2)26)9-10-17(18)22/h5-11H,4,12H2,1-3H3,(H,23,26)(H,24,27). The molecular weight excluding hydrogens is 361 g/mol. The van der Waals surface area contributed by atoms with Crippen molar-refractivity contribution in [3.63, 3.8) is 0 Å². The molecule has 0 aliphatic heterocycles. The summed E-state index contributed by atoms with van der Waals surface area (Å²) in [6, 6.07) is 11.2. The molecule has 3 rings (SSSR count). The van der Waals surface area contributed by atoms with Gasteiger partial charge in [0.25, 0.3) is 0 Å². The quantitative estimate of drug-likeness (QED) is 0.667. The first-order chi connectivity index (χ1) is 13.4. The molecule has 2 N–H and O–H groups in total. The van der Waals surface area contributed by atoms with Crippen LogP contribution in [0.2, 0.25) is 0 Å². The van der Waals surface area contributed by atoms with Crippen molar-refractivity contribution in [3.8, 4) is 0 Å². The molecule has 6 nitrogen and oxygen atoms in total. The Balaban J connectivity index is 1.78. The third-order valence-corrected chi connectivity index (χ3v) is 4.37. The van der Waals surface area contributed by atoms with E-state index >= 15 is 0 Å². The Morgan fingerprint density at radius 2 is 1.89 bits per heavy atom. The zero-order valence-electron chi connectivity index (χ0n) is 16.0. The van der Waals surface area contributed by atoms with E-state index in [0.717, 1.165) is 22.3 Å². The van der Waals surface area contributed by atoms with E-state index in [1.165, 1.54) is 30.0 Å². The van der Waals surface area contributed by atoms with Gasteiger partial charge in [-0.3, -0.25) is 4.79 Å². The molecule has 2 aromatic carbocycles. The van der Waals surface area contributed by atoms with Gasteiger partial charge in [-0.15, -0.1) is 0 Å². The summed E-state index contributed by atoms with van der Waals surface area (Å²) in [5.41, 5.74) is 2.11. The van der Waals surface area contributed by atoms with Gasteiger partial charge in [0.1, 0.15) is 17.2 Å². The highest BCUT2D eigenvalue weighted by atomic mass is 19.1. The summed E-state index contributed by atoms with van der Waals surface area (Å²) < 4.78 is 19.9. The Hall–Kier alpha value is -3.35. The lowest BCUT2D eigenvalue weighted by Crippen LogP contribution is -2.31. The smallest absolute Gasteiger partial charge is 0.321 e. The maximum Gasteiger partial charge on any atom is 0.321 e. The fourth-order valence-corrected chi connectivity index (χ4v) is 3.03. The number of hydrogen-bond acceptors (Lipinski definition) is 3.